The van der Waals surface area contributed by atoms with E-state index < -0.39 is 17.4 Å². The second kappa shape index (κ2) is 8.18. The quantitative estimate of drug-likeness (QED) is 0.719. The molecule has 11 heteroatoms. The van der Waals surface area contributed by atoms with Gasteiger partial charge in [0.2, 0.25) is 17.8 Å². The topological polar surface area (TPSA) is 104 Å². The molecule has 32 heavy (non-hydrogen) atoms. The van der Waals surface area contributed by atoms with Gasteiger partial charge in [0.1, 0.15) is 5.66 Å². The van der Waals surface area contributed by atoms with Crippen LogP contribution in [0.15, 0.2) is 28.2 Å². The predicted octanol–water partition coefficient (Wildman–Crippen LogP) is 2.48. The second-order valence-electron chi connectivity index (χ2n) is 8.51. The summed E-state index contributed by atoms with van der Waals surface area (Å²) in [5, 5.41) is 0. The first-order chi connectivity index (χ1) is 15.1. The van der Waals surface area contributed by atoms with E-state index in [9.17, 15) is 18.0 Å². The molecule has 174 valence electrons. The summed E-state index contributed by atoms with van der Waals surface area (Å²) in [7, 11) is 0. The predicted molar refractivity (Wildman–Crippen MR) is 117 cm³/mol. The van der Waals surface area contributed by atoms with E-state index in [-0.39, 0.29) is 23.5 Å². The number of carbonyl (C=O) groups is 1. The number of benzene rings is 1. The average Bonchev–Trinajstić information content (AvgIpc) is 2.73. The second-order valence-corrected chi connectivity index (χ2v) is 8.51. The van der Waals surface area contributed by atoms with E-state index in [0.717, 1.165) is 25.3 Å². The van der Waals surface area contributed by atoms with Gasteiger partial charge >= 0.3 is 6.18 Å². The lowest BCUT2D eigenvalue weighted by atomic mass is 9.87. The summed E-state index contributed by atoms with van der Waals surface area (Å²) in [6.07, 6.45) is -0.496. The number of amides is 1. The molecule has 1 aliphatic carbocycles. The number of halogens is 3. The molecular weight excluding hydrogens is 423 g/mol. The van der Waals surface area contributed by atoms with Gasteiger partial charge in [0.15, 0.2) is 0 Å². The molecule has 3 aliphatic rings. The SMILES string of the molecule is CC(=O)N1CCN(c2ccc(N3C(N)=NC(N)=NC34CCCCC4)cc2C(F)(F)F)CC1. The summed E-state index contributed by atoms with van der Waals surface area (Å²) >= 11 is 0. The van der Waals surface area contributed by atoms with Gasteiger partial charge in [-0.25, -0.2) is 4.99 Å². The minimum absolute atomic E-state index is 0.0512. The zero-order valence-electron chi connectivity index (χ0n) is 18.0. The number of nitrogens with two attached hydrogens (primary N) is 2. The van der Waals surface area contributed by atoms with Crippen LogP contribution in [0.1, 0.15) is 44.6 Å². The number of hydrogen-bond donors (Lipinski definition) is 2. The Labute approximate surface area is 184 Å². The third-order valence-corrected chi connectivity index (χ3v) is 6.46. The summed E-state index contributed by atoms with van der Waals surface area (Å²) in [5.74, 6) is 0.0283. The highest BCUT2D eigenvalue weighted by Crippen LogP contribution is 2.43. The highest BCUT2D eigenvalue weighted by molar-refractivity contribution is 6.05. The molecule has 8 nitrogen and oxygen atoms in total. The zero-order chi connectivity index (χ0) is 23.1. The molecule has 1 amide bonds. The highest BCUT2D eigenvalue weighted by atomic mass is 19.4. The molecule has 0 atom stereocenters. The summed E-state index contributed by atoms with van der Waals surface area (Å²) in [6, 6.07) is 4.24. The van der Waals surface area contributed by atoms with Crippen LogP contribution in [0.25, 0.3) is 0 Å². The van der Waals surface area contributed by atoms with Crippen molar-refractivity contribution in [2.24, 2.45) is 21.5 Å². The zero-order valence-corrected chi connectivity index (χ0v) is 18.0. The van der Waals surface area contributed by atoms with Gasteiger partial charge in [-0.3, -0.25) is 9.69 Å². The highest BCUT2D eigenvalue weighted by Gasteiger charge is 2.44. The van der Waals surface area contributed by atoms with E-state index in [0.29, 0.717) is 44.7 Å². The summed E-state index contributed by atoms with van der Waals surface area (Å²) in [6.45, 7) is 2.90. The summed E-state index contributed by atoms with van der Waals surface area (Å²) in [4.78, 5) is 25.1. The first-order valence-corrected chi connectivity index (χ1v) is 10.8. The number of alkyl halides is 3. The molecule has 2 fully saturated rings. The van der Waals surface area contributed by atoms with Crippen LogP contribution in [0.5, 0.6) is 0 Å². The van der Waals surface area contributed by atoms with Crippen LogP contribution in [0.3, 0.4) is 0 Å². The van der Waals surface area contributed by atoms with E-state index in [4.69, 9.17) is 11.5 Å². The maximum Gasteiger partial charge on any atom is 0.418 e. The van der Waals surface area contributed by atoms with E-state index >= 15 is 0 Å². The number of hydrogen-bond acceptors (Lipinski definition) is 7. The van der Waals surface area contributed by atoms with Crippen molar-refractivity contribution in [3.05, 3.63) is 23.8 Å². The molecule has 0 aromatic heterocycles. The molecule has 1 spiro atoms. The molecule has 0 bridgehead atoms. The molecule has 1 aromatic rings. The fourth-order valence-corrected chi connectivity index (χ4v) is 4.92. The molecule has 0 radical (unpaired) electrons. The smallest absolute Gasteiger partial charge is 0.369 e. The normalized spacial score (nSPS) is 21.4. The van der Waals surface area contributed by atoms with Crippen LogP contribution < -0.4 is 21.3 Å². The van der Waals surface area contributed by atoms with Crippen molar-refractivity contribution in [2.75, 3.05) is 36.0 Å². The van der Waals surface area contributed by atoms with E-state index in [1.807, 2.05) is 0 Å². The Balaban J connectivity index is 1.72. The maximum absolute atomic E-state index is 14.1. The van der Waals surface area contributed by atoms with Gasteiger partial charge in [0.05, 0.1) is 5.56 Å². The number of aliphatic imine (C=N–C) groups is 2. The van der Waals surface area contributed by atoms with Crippen molar-refractivity contribution in [3.8, 4) is 0 Å². The Bertz CT molecular complexity index is 945. The first-order valence-electron chi connectivity index (χ1n) is 10.8. The van der Waals surface area contributed by atoms with E-state index in [2.05, 4.69) is 9.98 Å². The van der Waals surface area contributed by atoms with Crippen molar-refractivity contribution in [3.63, 3.8) is 0 Å². The summed E-state index contributed by atoms with van der Waals surface area (Å²) < 4.78 is 42.4. The molecule has 4 N–H and O–H groups in total. The lowest BCUT2D eigenvalue weighted by Crippen LogP contribution is -2.58. The fourth-order valence-electron chi connectivity index (χ4n) is 4.92. The lowest BCUT2D eigenvalue weighted by molar-refractivity contribution is -0.137. The van der Waals surface area contributed by atoms with Crippen LogP contribution in [-0.2, 0) is 11.0 Å². The van der Waals surface area contributed by atoms with Gasteiger partial charge in [0.25, 0.3) is 0 Å². The Morgan fingerprint density at radius 1 is 1.06 bits per heavy atom. The number of rotatable bonds is 2. The van der Waals surface area contributed by atoms with Crippen LogP contribution in [0.4, 0.5) is 24.5 Å². The monoisotopic (exact) mass is 451 g/mol. The molecule has 2 heterocycles. The Kier molecular flexibility index (Phi) is 5.68. The van der Waals surface area contributed by atoms with Crippen LogP contribution in [0, 0.1) is 0 Å². The van der Waals surface area contributed by atoms with Gasteiger partial charge in [0, 0.05) is 44.5 Å². The Hall–Kier alpha value is -2.98. The van der Waals surface area contributed by atoms with Crippen molar-refractivity contribution >= 4 is 29.2 Å². The Morgan fingerprint density at radius 3 is 2.31 bits per heavy atom. The van der Waals surface area contributed by atoms with E-state index in [1.165, 1.54) is 13.0 Å². The van der Waals surface area contributed by atoms with Crippen molar-refractivity contribution in [2.45, 2.75) is 50.9 Å². The van der Waals surface area contributed by atoms with Crippen molar-refractivity contribution < 1.29 is 18.0 Å². The van der Waals surface area contributed by atoms with Gasteiger partial charge in [-0.05, 0) is 43.9 Å². The van der Waals surface area contributed by atoms with Crippen LogP contribution in [-0.4, -0.2) is 54.6 Å². The molecule has 1 aromatic carbocycles. The van der Waals surface area contributed by atoms with Gasteiger partial charge in [-0.15, -0.1) is 0 Å². The minimum Gasteiger partial charge on any atom is -0.369 e. The largest absolute Gasteiger partial charge is 0.418 e. The van der Waals surface area contributed by atoms with Gasteiger partial charge in [-0.2, -0.15) is 18.2 Å². The third kappa shape index (κ3) is 4.07. The summed E-state index contributed by atoms with van der Waals surface area (Å²) in [5.41, 5.74) is 10.9. The fraction of sp³-hybridized carbons (Fsp3) is 0.571. The van der Waals surface area contributed by atoms with Crippen molar-refractivity contribution in [1.29, 1.82) is 0 Å². The number of carbonyl (C=O) groups excluding carboxylic acids is 1. The van der Waals surface area contributed by atoms with Crippen LogP contribution >= 0.6 is 0 Å². The molecule has 2 aliphatic heterocycles. The standard InChI is InChI=1S/C21H28F3N7O/c1-14(32)29-9-11-30(12-10-29)17-6-5-15(13-16(17)21(22,23)24)31-19(26)27-18(25)28-20(31)7-3-2-4-8-20/h5-6,13H,2-4,7-12H2,1H3,(H4,25,26,27,28). The molecule has 1 saturated heterocycles. The van der Waals surface area contributed by atoms with Gasteiger partial charge < -0.3 is 21.3 Å². The average molecular weight is 451 g/mol. The molecule has 1 saturated carbocycles. The van der Waals surface area contributed by atoms with Gasteiger partial charge in [-0.1, -0.05) is 6.42 Å². The van der Waals surface area contributed by atoms with Crippen LogP contribution in [0.2, 0.25) is 0 Å². The van der Waals surface area contributed by atoms with Crippen molar-refractivity contribution in [1.82, 2.24) is 4.90 Å². The molecular formula is C21H28F3N7O. The number of piperazine rings is 1. The maximum atomic E-state index is 14.1. The number of anilines is 2. The lowest BCUT2D eigenvalue weighted by Gasteiger charge is -2.46. The minimum atomic E-state index is -4.56. The van der Waals surface area contributed by atoms with E-state index in [1.54, 1.807) is 20.8 Å². The molecule has 4 rings (SSSR count). The Morgan fingerprint density at radius 2 is 1.72 bits per heavy atom. The number of guanidine groups is 2. The first kappa shape index (κ1) is 22.2. The number of nitrogens with zero attached hydrogens (tertiary/aromatic N) is 5. The molecule has 0 unspecified atom stereocenters. The third-order valence-electron chi connectivity index (χ3n) is 6.46.